The van der Waals surface area contributed by atoms with Crippen LogP contribution in [0, 0.1) is 5.92 Å². The van der Waals surface area contributed by atoms with Crippen molar-refractivity contribution in [1.82, 2.24) is 0 Å². The number of amides is 1. The van der Waals surface area contributed by atoms with Crippen molar-refractivity contribution >= 4 is 11.8 Å². The molecule has 4 nitrogen and oxygen atoms in total. The summed E-state index contributed by atoms with van der Waals surface area (Å²) in [5, 5.41) is 2.72. The molecule has 3 N–H and O–H groups in total. The van der Waals surface area contributed by atoms with Gasteiger partial charge in [0.15, 0.2) is 0 Å². The van der Waals surface area contributed by atoms with Crippen molar-refractivity contribution in [2.24, 2.45) is 11.7 Å². The van der Waals surface area contributed by atoms with Crippen LogP contribution in [0.3, 0.4) is 0 Å². The molecule has 19 heavy (non-hydrogen) atoms. The topological polar surface area (TPSA) is 64.3 Å². The lowest BCUT2D eigenvalue weighted by atomic mass is 10.1. The van der Waals surface area contributed by atoms with Crippen LogP contribution >= 0.6 is 0 Å². The summed E-state index contributed by atoms with van der Waals surface area (Å²) in [6, 6.07) is 7.91. The van der Waals surface area contributed by atoms with Gasteiger partial charge in [-0.3, -0.25) is 5.32 Å². The van der Waals surface area contributed by atoms with Crippen molar-refractivity contribution in [3.8, 4) is 0 Å². The van der Waals surface area contributed by atoms with Gasteiger partial charge in [0, 0.05) is 5.69 Å². The van der Waals surface area contributed by atoms with Crippen LogP contribution in [-0.4, -0.2) is 18.2 Å². The lowest BCUT2D eigenvalue weighted by Gasteiger charge is -2.19. The normalized spacial score (nSPS) is 21.9. The zero-order chi connectivity index (χ0) is 14.0. The molecular formula is C15H22N2O2. The molecule has 1 saturated carbocycles. The van der Waals surface area contributed by atoms with E-state index in [1.165, 1.54) is 12.0 Å². The number of ether oxygens (including phenoxy) is 1. The van der Waals surface area contributed by atoms with E-state index in [4.69, 9.17) is 10.5 Å². The summed E-state index contributed by atoms with van der Waals surface area (Å²) in [5.74, 6) is 1.23. The molecule has 2 atom stereocenters. The molecule has 0 bridgehead atoms. The fourth-order valence-electron chi connectivity index (χ4n) is 2.15. The molecule has 4 heteroatoms. The highest BCUT2D eigenvalue weighted by molar-refractivity contribution is 5.84. The lowest BCUT2D eigenvalue weighted by molar-refractivity contribution is 0.0636. The molecular weight excluding hydrogens is 240 g/mol. The van der Waals surface area contributed by atoms with Crippen LogP contribution in [0.2, 0.25) is 0 Å². The monoisotopic (exact) mass is 262 g/mol. The molecule has 1 fully saturated rings. The van der Waals surface area contributed by atoms with Gasteiger partial charge in [0.05, 0.1) is 0 Å². The third-order valence-electron chi connectivity index (χ3n) is 3.21. The Labute approximate surface area is 114 Å². The zero-order valence-electron chi connectivity index (χ0n) is 11.8. The molecule has 2 rings (SSSR count). The minimum absolute atomic E-state index is 0.425. The fraction of sp³-hybridized carbons (Fsp3) is 0.533. The molecule has 1 aliphatic rings. The maximum Gasteiger partial charge on any atom is 0.412 e. The van der Waals surface area contributed by atoms with Crippen LogP contribution < -0.4 is 11.1 Å². The Hall–Kier alpha value is -1.55. The van der Waals surface area contributed by atoms with E-state index in [1.807, 2.05) is 45.0 Å². The summed E-state index contributed by atoms with van der Waals surface area (Å²) in [4.78, 5) is 11.6. The molecule has 0 unspecified atom stereocenters. The SMILES string of the molecule is CC(C)(C)OC(=O)Nc1ccc([C@@H]2C[C@H]2CN)cc1. The van der Waals surface area contributed by atoms with E-state index in [9.17, 15) is 4.79 Å². The highest BCUT2D eigenvalue weighted by Gasteiger charge is 2.36. The molecule has 0 saturated heterocycles. The Morgan fingerprint density at radius 2 is 2.00 bits per heavy atom. The van der Waals surface area contributed by atoms with Crippen LogP contribution in [0.5, 0.6) is 0 Å². The smallest absolute Gasteiger partial charge is 0.412 e. The van der Waals surface area contributed by atoms with Crippen molar-refractivity contribution in [2.75, 3.05) is 11.9 Å². The number of hydrogen-bond acceptors (Lipinski definition) is 3. The summed E-state index contributed by atoms with van der Waals surface area (Å²) in [6.45, 7) is 6.28. The second-order valence-electron chi connectivity index (χ2n) is 6.09. The van der Waals surface area contributed by atoms with Crippen molar-refractivity contribution < 1.29 is 9.53 Å². The second-order valence-corrected chi connectivity index (χ2v) is 6.09. The minimum atomic E-state index is -0.480. The zero-order valence-corrected chi connectivity index (χ0v) is 11.8. The summed E-state index contributed by atoms with van der Waals surface area (Å²) >= 11 is 0. The summed E-state index contributed by atoms with van der Waals surface area (Å²) < 4.78 is 5.20. The maximum absolute atomic E-state index is 11.6. The average Bonchev–Trinajstić information content (AvgIpc) is 3.06. The summed E-state index contributed by atoms with van der Waals surface area (Å²) in [7, 11) is 0. The van der Waals surface area contributed by atoms with Gasteiger partial charge >= 0.3 is 6.09 Å². The van der Waals surface area contributed by atoms with E-state index in [0.29, 0.717) is 11.8 Å². The van der Waals surface area contributed by atoms with Gasteiger partial charge in [0.1, 0.15) is 5.60 Å². The molecule has 0 heterocycles. The van der Waals surface area contributed by atoms with Gasteiger partial charge in [-0.25, -0.2) is 4.79 Å². The van der Waals surface area contributed by atoms with E-state index >= 15 is 0 Å². The van der Waals surface area contributed by atoms with Gasteiger partial charge in [-0.15, -0.1) is 0 Å². The Balaban J connectivity index is 1.90. The minimum Gasteiger partial charge on any atom is -0.444 e. The van der Waals surface area contributed by atoms with Gasteiger partial charge in [0.2, 0.25) is 0 Å². The first-order valence-corrected chi connectivity index (χ1v) is 6.69. The standard InChI is InChI=1S/C15H22N2O2/c1-15(2,3)19-14(18)17-12-6-4-10(5-7-12)13-8-11(13)9-16/h4-7,11,13H,8-9,16H2,1-3H3,(H,17,18)/t11-,13-/m0/s1. The predicted octanol–water partition coefficient (Wildman–Crippen LogP) is 3.10. The quantitative estimate of drug-likeness (QED) is 0.879. The van der Waals surface area contributed by atoms with Crippen molar-refractivity contribution in [3.05, 3.63) is 29.8 Å². The molecule has 0 radical (unpaired) electrons. The predicted molar refractivity (Wildman–Crippen MR) is 76.2 cm³/mol. The van der Waals surface area contributed by atoms with Crippen LogP contribution in [0.15, 0.2) is 24.3 Å². The van der Waals surface area contributed by atoms with Gasteiger partial charge in [-0.1, -0.05) is 12.1 Å². The highest BCUT2D eigenvalue weighted by atomic mass is 16.6. The van der Waals surface area contributed by atoms with Crippen molar-refractivity contribution in [2.45, 2.75) is 38.7 Å². The van der Waals surface area contributed by atoms with Crippen LogP contribution in [0.25, 0.3) is 0 Å². The molecule has 0 spiro atoms. The number of anilines is 1. The van der Waals surface area contributed by atoms with Crippen molar-refractivity contribution in [1.29, 1.82) is 0 Å². The van der Waals surface area contributed by atoms with E-state index in [1.54, 1.807) is 0 Å². The number of carbonyl (C=O) groups is 1. The van der Waals surface area contributed by atoms with Gasteiger partial charge in [0.25, 0.3) is 0 Å². The first-order chi connectivity index (χ1) is 8.89. The van der Waals surface area contributed by atoms with Gasteiger partial charge in [-0.05, 0) is 63.3 Å². The number of benzene rings is 1. The van der Waals surface area contributed by atoms with Gasteiger partial charge in [-0.2, -0.15) is 0 Å². The molecule has 1 aliphatic carbocycles. The maximum atomic E-state index is 11.6. The molecule has 104 valence electrons. The summed E-state index contributed by atoms with van der Waals surface area (Å²) in [5.41, 5.74) is 7.21. The van der Waals surface area contributed by atoms with E-state index in [2.05, 4.69) is 5.32 Å². The Morgan fingerprint density at radius 3 is 2.47 bits per heavy atom. The highest BCUT2D eigenvalue weighted by Crippen LogP contribution is 2.46. The summed E-state index contributed by atoms with van der Waals surface area (Å²) in [6.07, 6.45) is 0.751. The number of carbonyl (C=O) groups excluding carboxylic acids is 1. The van der Waals surface area contributed by atoms with E-state index in [0.717, 1.165) is 12.2 Å². The molecule has 0 aromatic heterocycles. The van der Waals surface area contributed by atoms with E-state index in [-0.39, 0.29) is 0 Å². The Bertz CT molecular complexity index is 448. The van der Waals surface area contributed by atoms with Crippen LogP contribution in [-0.2, 0) is 4.74 Å². The molecule has 0 aliphatic heterocycles. The molecule has 1 amide bonds. The van der Waals surface area contributed by atoms with Crippen molar-refractivity contribution in [3.63, 3.8) is 0 Å². The lowest BCUT2D eigenvalue weighted by Crippen LogP contribution is -2.27. The third kappa shape index (κ3) is 3.96. The first kappa shape index (κ1) is 13.9. The second kappa shape index (κ2) is 5.21. The Morgan fingerprint density at radius 1 is 1.37 bits per heavy atom. The van der Waals surface area contributed by atoms with Crippen LogP contribution in [0.4, 0.5) is 10.5 Å². The number of hydrogen-bond donors (Lipinski definition) is 2. The number of nitrogens with two attached hydrogens (primary N) is 1. The fourth-order valence-corrected chi connectivity index (χ4v) is 2.15. The number of rotatable bonds is 3. The molecule has 1 aromatic carbocycles. The largest absolute Gasteiger partial charge is 0.444 e. The molecule has 1 aromatic rings. The third-order valence-corrected chi connectivity index (χ3v) is 3.21. The number of nitrogens with one attached hydrogen (secondary N) is 1. The van der Waals surface area contributed by atoms with Crippen LogP contribution in [0.1, 0.15) is 38.7 Å². The first-order valence-electron chi connectivity index (χ1n) is 6.69. The average molecular weight is 262 g/mol. The van der Waals surface area contributed by atoms with E-state index < -0.39 is 11.7 Å². The van der Waals surface area contributed by atoms with Gasteiger partial charge < -0.3 is 10.5 Å². The Kier molecular flexibility index (Phi) is 3.80.